The zero-order valence-electron chi connectivity index (χ0n) is 11.2. The summed E-state index contributed by atoms with van der Waals surface area (Å²) in [6.45, 7) is 1.98. The third-order valence-electron chi connectivity index (χ3n) is 3.14. The number of hydrogen-bond acceptors (Lipinski definition) is 3. The largest absolute Gasteiger partial charge is 0.380 e. The van der Waals surface area contributed by atoms with Gasteiger partial charge in [0.1, 0.15) is 5.82 Å². The Morgan fingerprint density at radius 1 is 1.14 bits per heavy atom. The van der Waals surface area contributed by atoms with Gasteiger partial charge in [-0.05, 0) is 48.4 Å². The summed E-state index contributed by atoms with van der Waals surface area (Å²) in [5, 5.41) is 3.82. The van der Waals surface area contributed by atoms with Gasteiger partial charge in [-0.15, -0.1) is 0 Å². The van der Waals surface area contributed by atoms with E-state index in [1.807, 2.05) is 25.1 Å². The summed E-state index contributed by atoms with van der Waals surface area (Å²) in [5.41, 5.74) is 9.05. The van der Waals surface area contributed by atoms with Crippen molar-refractivity contribution < 1.29 is 8.91 Å². The molecule has 3 aromatic rings. The molecule has 0 radical (unpaired) electrons. The van der Waals surface area contributed by atoms with E-state index in [4.69, 9.17) is 10.3 Å². The summed E-state index contributed by atoms with van der Waals surface area (Å²) in [5.74, 6) is 0.445. The van der Waals surface area contributed by atoms with Crippen LogP contribution in [0.3, 0.4) is 0 Å². The first kappa shape index (κ1) is 13.8. The molecule has 0 fully saturated rings. The van der Waals surface area contributed by atoms with Crippen molar-refractivity contribution >= 4 is 21.7 Å². The van der Waals surface area contributed by atoms with E-state index in [0.29, 0.717) is 16.9 Å². The second-order valence-electron chi connectivity index (χ2n) is 4.80. The molecule has 3 rings (SSSR count). The molecular weight excluding hydrogens is 335 g/mol. The lowest BCUT2D eigenvalue weighted by Crippen LogP contribution is -1.90. The average Bonchev–Trinajstić information content (AvgIpc) is 2.79. The molecule has 5 heteroatoms. The molecule has 3 nitrogen and oxygen atoms in total. The third-order valence-corrected chi connectivity index (χ3v) is 3.59. The predicted octanol–water partition coefficient (Wildman–Crippen LogP) is 4.80. The molecule has 2 N–H and O–H groups in total. The van der Waals surface area contributed by atoms with Crippen molar-refractivity contribution in [1.82, 2.24) is 5.16 Å². The average molecular weight is 347 g/mol. The lowest BCUT2D eigenvalue weighted by atomic mass is 10.0. The van der Waals surface area contributed by atoms with Gasteiger partial charge in [0.25, 0.3) is 0 Å². The maximum atomic E-state index is 13.5. The first-order valence-electron chi connectivity index (χ1n) is 6.33. The highest BCUT2D eigenvalue weighted by Gasteiger charge is 2.18. The summed E-state index contributed by atoms with van der Waals surface area (Å²) in [7, 11) is 0. The quantitative estimate of drug-likeness (QED) is 0.724. The number of aryl methyl sites for hydroxylation is 1. The van der Waals surface area contributed by atoms with Gasteiger partial charge in [0, 0.05) is 10.0 Å². The maximum absolute atomic E-state index is 13.5. The van der Waals surface area contributed by atoms with E-state index in [1.54, 1.807) is 12.1 Å². The molecule has 0 unspecified atom stereocenters. The van der Waals surface area contributed by atoms with E-state index >= 15 is 0 Å². The van der Waals surface area contributed by atoms with Gasteiger partial charge in [0.05, 0.1) is 5.56 Å². The fraction of sp³-hybridized carbons (Fsp3) is 0.0625. The molecule has 0 amide bonds. The molecule has 2 aromatic carbocycles. The fourth-order valence-electron chi connectivity index (χ4n) is 2.29. The van der Waals surface area contributed by atoms with Crippen LogP contribution in [0.2, 0.25) is 0 Å². The van der Waals surface area contributed by atoms with Crippen molar-refractivity contribution in [3.8, 4) is 22.5 Å². The Bertz CT molecular complexity index is 794. The first-order chi connectivity index (χ1) is 10.0. The lowest BCUT2D eigenvalue weighted by Gasteiger charge is -2.05. The minimum atomic E-state index is -0.329. The summed E-state index contributed by atoms with van der Waals surface area (Å²) >= 11 is 3.46. The predicted molar refractivity (Wildman–Crippen MR) is 84.2 cm³/mol. The molecule has 1 heterocycles. The number of nitrogens with zero attached hydrogens (tertiary/aromatic N) is 1. The molecule has 106 valence electrons. The summed E-state index contributed by atoms with van der Waals surface area (Å²) in [6, 6.07) is 12.1. The lowest BCUT2D eigenvalue weighted by molar-refractivity contribution is 0.436. The van der Waals surface area contributed by atoms with Gasteiger partial charge in [-0.25, -0.2) is 4.39 Å². The summed E-state index contributed by atoms with van der Waals surface area (Å²) in [4.78, 5) is 0. The van der Waals surface area contributed by atoms with E-state index in [2.05, 4.69) is 21.1 Å². The SMILES string of the molecule is Cc1cc(Br)cc(-c2onc(N)c2-c2cccc(F)c2)c1. The number of hydrogen-bond donors (Lipinski definition) is 1. The van der Waals surface area contributed by atoms with Crippen LogP contribution in [0.1, 0.15) is 5.56 Å². The van der Waals surface area contributed by atoms with Crippen LogP contribution in [0.4, 0.5) is 10.2 Å². The summed E-state index contributed by atoms with van der Waals surface area (Å²) < 4.78 is 19.7. The van der Waals surface area contributed by atoms with Gasteiger partial charge in [-0.3, -0.25) is 0 Å². The van der Waals surface area contributed by atoms with Gasteiger partial charge in [-0.1, -0.05) is 33.2 Å². The van der Waals surface area contributed by atoms with Gasteiger partial charge >= 0.3 is 0 Å². The molecule has 0 spiro atoms. The van der Waals surface area contributed by atoms with E-state index in [0.717, 1.165) is 15.6 Å². The Hall–Kier alpha value is -2.14. The van der Waals surface area contributed by atoms with Crippen molar-refractivity contribution in [2.24, 2.45) is 0 Å². The highest BCUT2D eigenvalue weighted by atomic mass is 79.9. The van der Waals surface area contributed by atoms with Gasteiger partial charge in [0.15, 0.2) is 11.6 Å². The van der Waals surface area contributed by atoms with Crippen molar-refractivity contribution in [1.29, 1.82) is 0 Å². The number of benzene rings is 2. The van der Waals surface area contributed by atoms with Crippen LogP contribution >= 0.6 is 15.9 Å². The minimum absolute atomic E-state index is 0.244. The Balaban J connectivity index is 2.21. The van der Waals surface area contributed by atoms with Crippen molar-refractivity contribution in [3.63, 3.8) is 0 Å². The molecule has 21 heavy (non-hydrogen) atoms. The van der Waals surface area contributed by atoms with Crippen LogP contribution in [0.5, 0.6) is 0 Å². The van der Waals surface area contributed by atoms with E-state index in [-0.39, 0.29) is 11.6 Å². The topological polar surface area (TPSA) is 52.0 Å². The van der Waals surface area contributed by atoms with Gasteiger partial charge in [-0.2, -0.15) is 0 Å². The smallest absolute Gasteiger partial charge is 0.176 e. The van der Waals surface area contributed by atoms with Crippen LogP contribution in [0.15, 0.2) is 51.5 Å². The van der Waals surface area contributed by atoms with Crippen LogP contribution < -0.4 is 5.73 Å². The van der Waals surface area contributed by atoms with Gasteiger partial charge in [0.2, 0.25) is 0 Å². The Labute approximate surface area is 129 Å². The molecule has 0 aliphatic heterocycles. The number of aromatic nitrogens is 1. The normalized spacial score (nSPS) is 10.8. The number of halogens is 2. The molecule has 0 saturated heterocycles. The van der Waals surface area contributed by atoms with E-state index in [1.165, 1.54) is 12.1 Å². The third kappa shape index (κ3) is 2.69. The molecule has 0 saturated carbocycles. The summed E-state index contributed by atoms with van der Waals surface area (Å²) in [6.07, 6.45) is 0. The molecule has 1 aromatic heterocycles. The standard InChI is InChI=1S/C16H12BrFN2O/c1-9-5-11(7-12(17)6-9)15-14(16(19)20-21-15)10-3-2-4-13(18)8-10/h2-8H,1H3,(H2,19,20). The monoisotopic (exact) mass is 346 g/mol. The molecule has 0 bridgehead atoms. The zero-order valence-corrected chi connectivity index (χ0v) is 12.8. The van der Waals surface area contributed by atoms with Crippen LogP contribution in [-0.2, 0) is 0 Å². The minimum Gasteiger partial charge on any atom is -0.380 e. The van der Waals surface area contributed by atoms with Crippen LogP contribution in [0.25, 0.3) is 22.5 Å². The highest BCUT2D eigenvalue weighted by molar-refractivity contribution is 9.10. The number of anilines is 1. The number of nitrogens with two attached hydrogens (primary N) is 1. The van der Waals surface area contributed by atoms with Gasteiger partial charge < -0.3 is 10.3 Å². The number of nitrogen functional groups attached to an aromatic ring is 1. The van der Waals surface area contributed by atoms with Crippen LogP contribution in [-0.4, -0.2) is 5.16 Å². The van der Waals surface area contributed by atoms with E-state index in [9.17, 15) is 4.39 Å². The van der Waals surface area contributed by atoms with Crippen LogP contribution in [0, 0.1) is 12.7 Å². The highest BCUT2D eigenvalue weighted by Crippen LogP contribution is 2.37. The molecule has 0 aliphatic carbocycles. The fourth-order valence-corrected chi connectivity index (χ4v) is 2.90. The molecule has 0 atom stereocenters. The van der Waals surface area contributed by atoms with Crippen molar-refractivity contribution in [2.75, 3.05) is 5.73 Å². The Morgan fingerprint density at radius 3 is 2.67 bits per heavy atom. The number of rotatable bonds is 2. The molecule has 0 aliphatic rings. The van der Waals surface area contributed by atoms with E-state index < -0.39 is 0 Å². The molecular formula is C16H12BrFN2O. The second kappa shape index (κ2) is 5.33. The maximum Gasteiger partial charge on any atom is 0.176 e. The Kier molecular flexibility index (Phi) is 3.51. The second-order valence-corrected chi connectivity index (χ2v) is 5.72. The zero-order chi connectivity index (χ0) is 15.0. The first-order valence-corrected chi connectivity index (χ1v) is 7.12. The Morgan fingerprint density at radius 2 is 1.95 bits per heavy atom. The van der Waals surface area contributed by atoms with Crippen molar-refractivity contribution in [3.05, 3.63) is 58.3 Å². The van der Waals surface area contributed by atoms with Crippen molar-refractivity contribution in [2.45, 2.75) is 6.92 Å².